The number of carboxylic acids is 1. The maximum Gasteiger partial charge on any atom is 0.415 e. The lowest BCUT2D eigenvalue weighted by Crippen LogP contribution is -2.46. The van der Waals surface area contributed by atoms with Crippen molar-refractivity contribution in [2.75, 3.05) is 0 Å². The van der Waals surface area contributed by atoms with E-state index in [0.29, 0.717) is 6.08 Å². The maximum absolute atomic E-state index is 14.3. The van der Waals surface area contributed by atoms with Gasteiger partial charge in [-0.05, 0) is 6.08 Å². The minimum atomic E-state index is -4.81. The summed E-state index contributed by atoms with van der Waals surface area (Å²) in [5, 5.41) is 8.81. The average molecular weight is 280 g/mol. The highest BCUT2D eigenvalue weighted by Gasteiger charge is 2.50. The van der Waals surface area contributed by atoms with Crippen LogP contribution in [0.4, 0.5) is 17.6 Å². The number of hydrogen-bond acceptors (Lipinski definition) is 2. The van der Waals surface area contributed by atoms with Gasteiger partial charge in [0.25, 0.3) is 0 Å². The average Bonchev–Trinajstić information content (AvgIpc) is 2.27. The van der Waals surface area contributed by atoms with E-state index in [4.69, 9.17) is 5.11 Å². The lowest BCUT2D eigenvalue weighted by molar-refractivity contribution is -0.276. The molecule has 0 aromatic carbocycles. The number of carboxylic acid groups (broad SMARTS) is 1. The molecule has 0 heterocycles. The summed E-state index contributed by atoms with van der Waals surface area (Å²) in [6.07, 6.45) is -3.08. The minimum Gasteiger partial charge on any atom is -0.481 e. The first-order valence-electron chi connectivity index (χ1n) is 5.34. The van der Waals surface area contributed by atoms with E-state index in [9.17, 15) is 22.4 Å². The third-order valence-corrected chi connectivity index (χ3v) is 2.50. The van der Waals surface area contributed by atoms with E-state index in [2.05, 4.69) is 11.3 Å². The van der Waals surface area contributed by atoms with Crippen LogP contribution in [0.3, 0.4) is 0 Å². The van der Waals surface area contributed by atoms with Crippen LogP contribution in [0.2, 0.25) is 0 Å². The quantitative estimate of drug-likeness (QED) is 0.622. The molecule has 3 nitrogen and oxygen atoms in total. The van der Waals surface area contributed by atoms with E-state index in [1.807, 2.05) is 0 Å². The van der Waals surface area contributed by atoms with Crippen molar-refractivity contribution in [3.05, 3.63) is 37.0 Å². The fraction of sp³-hybridized carbons (Fsp3) is 0.417. The van der Waals surface area contributed by atoms with Gasteiger partial charge in [-0.2, -0.15) is 13.2 Å². The molecule has 0 amide bonds. The van der Waals surface area contributed by atoms with Gasteiger partial charge in [-0.3, -0.25) is 4.79 Å². The van der Waals surface area contributed by atoms with Crippen molar-refractivity contribution in [2.24, 2.45) is 5.92 Å². The van der Waals surface area contributed by atoms with Gasteiger partial charge in [0.2, 0.25) is 5.85 Å². The molecule has 7 heteroatoms. The molecule has 0 bridgehead atoms. The first-order chi connectivity index (χ1) is 8.70. The van der Waals surface area contributed by atoms with Gasteiger partial charge in [-0.15, -0.1) is 6.58 Å². The topological polar surface area (TPSA) is 46.5 Å². The largest absolute Gasteiger partial charge is 0.481 e. The number of hydrogen-bond donors (Lipinski definition) is 1. The molecule has 0 aliphatic heterocycles. The maximum atomic E-state index is 14.3. The smallest absolute Gasteiger partial charge is 0.415 e. The highest BCUT2D eigenvalue weighted by molar-refractivity contribution is 5.74. The number of carbonyl (C=O) groups is 1. The van der Waals surface area contributed by atoms with Crippen molar-refractivity contribution in [3.63, 3.8) is 0 Å². The van der Waals surface area contributed by atoms with Gasteiger partial charge in [0.1, 0.15) is 5.92 Å². The number of aliphatic carboxylic acids is 1. The molecule has 0 radical (unpaired) electrons. The molecule has 1 aliphatic rings. The molecular weight excluding hydrogens is 268 g/mol. The van der Waals surface area contributed by atoms with Crippen LogP contribution in [0, 0.1) is 5.92 Å². The summed E-state index contributed by atoms with van der Waals surface area (Å²) in [6, 6.07) is 0. The van der Waals surface area contributed by atoms with E-state index in [1.54, 1.807) is 0 Å². The summed E-state index contributed by atoms with van der Waals surface area (Å²) in [5.74, 6) is -6.47. The zero-order chi connectivity index (χ0) is 14.7. The summed E-state index contributed by atoms with van der Waals surface area (Å²) < 4.78 is 56.6. The molecule has 3 unspecified atom stereocenters. The summed E-state index contributed by atoms with van der Waals surface area (Å²) in [7, 11) is 0. The van der Waals surface area contributed by atoms with E-state index in [0.717, 1.165) is 18.2 Å². The van der Waals surface area contributed by atoms with E-state index < -0.39 is 36.4 Å². The van der Waals surface area contributed by atoms with Gasteiger partial charge in [-0.1, -0.05) is 24.3 Å². The van der Waals surface area contributed by atoms with Gasteiger partial charge >= 0.3 is 12.1 Å². The predicted octanol–water partition coefficient (Wildman–Crippen LogP) is 3.00. The monoisotopic (exact) mass is 280 g/mol. The number of halogens is 4. The molecule has 106 valence electrons. The number of allylic oxidation sites excluding steroid dienone is 2. The number of ether oxygens (including phenoxy) is 1. The molecular formula is C12H12F4O3. The molecule has 0 spiro atoms. The van der Waals surface area contributed by atoms with Crippen molar-refractivity contribution in [3.8, 4) is 0 Å². The van der Waals surface area contributed by atoms with Crippen LogP contribution < -0.4 is 0 Å². The van der Waals surface area contributed by atoms with Crippen LogP contribution in [-0.2, 0) is 9.53 Å². The zero-order valence-corrected chi connectivity index (χ0v) is 9.73. The van der Waals surface area contributed by atoms with Gasteiger partial charge in [0, 0.05) is 6.42 Å². The van der Waals surface area contributed by atoms with Crippen molar-refractivity contribution in [2.45, 2.75) is 24.6 Å². The molecule has 0 aromatic rings. The summed E-state index contributed by atoms with van der Waals surface area (Å²) in [6.45, 7) is 3.13. The third-order valence-electron chi connectivity index (χ3n) is 2.50. The summed E-state index contributed by atoms with van der Waals surface area (Å²) >= 11 is 0. The molecule has 1 rings (SSSR count). The first-order valence-corrected chi connectivity index (χ1v) is 5.34. The Hall–Kier alpha value is -1.63. The standard InChI is InChI=1S/C12H12F4O3/c1-2-5-9(12(14,15)16)19-11(13)7-4-3-6-8(11)10(17)18/h2-4,6-9H,1,5H2,(H,17,18). The third kappa shape index (κ3) is 3.66. The van der Waals surface area contributed by atoms with Gasteiger partial charge in [-0.25, -0.2) is 4.39 Å². The van der Waals surface area contributed by atoms with Crippen LogP contribution in [-0.4, -0.2) is 29.2 Å². The van der Waals surface area contributed by atoms with Gasteiger partial charge in [0.15, 0.2) is 6.10 Å². The van der Waals surface area contributed by atoms with Crippen LogP contribution in [0.25, 0.3) is 0 Å². The second-order valence-electron chi connectivity index (χ2n) is 3.93. The Kier molecular flexibility index (Phi) is 4.52. The molecule has 0 fully saturated rings. The lowest BCUT2D eigenvalue weighted by atomic mass is 9.95. The Balaban J connectivity index is 2.98. The Morgan fingerprint density at radius 1 is 1.53 bits per heavy atom. The minimum absolute atomic E-state index is 0.660. The molecule has 1 aliphatic carbocycles. The Morgan fingerprint density at radius 2 is 2.16 bits per heavy atom. The molecule has 3 atom stereocenters. The summed E-state index contributed by atoms with van der Waals surface area (Å²) in [5.41, 5.74) is 0. The summed E-state index contributed by atoms with van der Waals surface area (Å²) in [4.78, 5) is 10.9. The predicted molar refractivity (Wildman–Crippen MR) is 59.0 cm³/mol. The second kappa shape index (κ2) is 5.56. The second-order valence-corrected chi connectivity index (χ2v) is 3.93. The Bertz CT molecular complexity index is 414. The van der Waals surface area contributed by atoms with Crippen molar-refractivity contribution in [1.29, 1.82) is 0 Å². The Morgan fingerprint density at radius 3 is 2.63 bits per heavy atom. The fourth-order valence-electron chi connectivity index (χ4n) is 1.58. The van der Waals surface area contributed by atoms with Crippen molar-refractivity contribution >= 4 is 5.97 Å². The highest BCUT2D eigenvalue weighted by atomic mass is 19.4. The van der Waals surface area contributed by atoms with E-state index in [1.165, 1.54) is 6.08 Å². The molecule has 1 N–H and O–H groups in total. The number of alkyl halides is 4. The van der Waals surface area contributed by atoms with Crippen LogP contribution >= 0.6 is 0 Å². The molecule has 19 heavy (non-hydrogen) atoms. The van der Waals surface area contributed by atoms with Gasteiger partial charge in [0.05, 0.1) is 0 Å². The van der Waals surface area contributed by atoms with Crippen molar-refractivity contribution in [1.82, 2.24) is 0 Å². The molecule has 0 saturated heterocycles. The number of rotatable bonds is 5. The molecule has 0 aromatic heterocycles. The molecule has 0 saturated carbocycles. The Labute approximate surface area is 106 Å². The zero-order valence-electron chi connectivity index (χ0n) is 9.73. The van der Waals surface area contributed by atoms with Crippen LogP contribution in [0.5, 0.6) is 0 Å². The highest BCUT2D eigenvalue weighted by Crippen LogP contribution is 2.36. The fourth-order valence-corrected chi connectivity index (χ4v) is 1.58. The van der Waals surface area contributed by atoms with Gasteiger partial charge < -0.3 is 9.84 Å². The first kappa shape index (κ1) is 15.4. The van der Waals surface area contributed by atoms with E-state index >= 15 is 0 Å². The van der Waals surface area contributed by atoms with Crippen LogP contribution in [0.15, 0.2) is 37.0 Å². The normalized spacial score (nSPS) is 28.1. The van der Waals surface area contributed by atoms with Crippen LogP contribution in [0.1, 0.15) is 6.42 Å². The SMILES string of the molecule is C=CCC(OC1(F)C=CC=CC1C(=O)O)C(F)(F)F. The lowest BCUT2D eigenvalue weighted by Gasteiger charge is -2.32. The van der Waals surface area contributed by atoms with Crippen molar-refractivity contribution < 1.29 is 32.2 Å². The van der Waals surface area contributed by atoms with E-state index in [-0.39, 0.29) is 0 Å².